The maximum absolute atomic E-state index is 12.3. The van der Waals surface area contributed by atoms with Gasteiger partial charge in [0.1, 0.15) is 22.7 Å². The van der Waals surface area contributed by atoms with Gasteiger partial charge in [0.05, 0.1) is 13.1 Å². The topological polar surface area (TPSA) is 58.6 Å². The second kappa shape index (κ2) is 6.69. The van der Waals surface area contributed by atoms with E-state index in [1.807, 2.05) is 73.5 Å². The number of aryl methyl sites for hydroxylation is 1. The van der Waals surface area contributed by atoms with Crippen LogP contribution in [0.2, 0.25) is 0 Å². The molecule has 0 aliphatic heterocycles. The fourth-order valence-electron chi connectivity index (χ4n) is 3.14. The van der Waals surface area contributed by atoms with Crippen LogP contribution in [0.3, 0.4) is 0 Å². The summed E-state index contributed by atoms with van der Waals surface area (Å²) >= 11 is 0. The van der Waals surface area contributed by atoms with Crippen molar-refractivity contribution in [3.05, 3.63) is 66.1 Å². The first-order valence-corrected chi connectivity index (χ1v) is 8.53. The Labute approximate surface area is 151 Å². The highest BCUT2D eigenvalue weighted by atomic mass is 16.3. The Morgan fingerprint density at radius 2 is 1.81 bits per heavy atom. The molecule has 2 aromatic carbocycles. The third kappa shape index (κ3) is 3.34. The zero-order chi connectivity index (χ0) is 18.1. The number of carbonyl (C=O) groups excluding carboxylic acids is 1. The molecule has 0 atom stereocenters. The highest BCUT2D eigenvalue weighted by Crippen LogP contribution is 2.30. The number of rotatable bonds is 5. The quantitative estimate of drug-likeness (QED) is 0.574. The Hall–Kier alpha value is -3.05. The number of hydrogen-bond donors (Lipinski definition) is 1. The molecule has 0 aliphatic rings. The van der Waals surface area contributed by atoms with Crippen molar-refractivity contribution in [1.82, 2.24) is 4.90 Å². The number of hydrogen-bond acceptors (Lipinski definition) is 4. The second-order valence-electron chi connectivity index (χ2n) is 6.54. The van der Waals surface area contributed by atoms with Crippen molar-refractivity contribution in [2.75, 3.05) is 18.9 Å². The van der Waals surface area contributed by atoms with Gasteiger partial charge in [0.15, 0.2) is 0 Å². The smallest absolute Gasteiger partial charge is 0.238 e. The van der Waals surface area contributed by atoms with Crippen molar-refractivity contribution >= 4 is 33.5 Å². The van der Waals surface area contributed by atoms with Crippen LogP contribution in [0.4, 0.5) is 5.69 Å². The van der Waals surface area contributed by atoms with Crippen LogP contribution in [0.15, 0.2) is 63.4 Å². The van der Waals surface area contributed by atoms with Gasteiger partial charge in [-0.2, -0.15) is 0 Å². The van der Waals surface area contributed by atoms with E-state index in [0.29, 0.717) is 6.54 Å². The zero-order valence-electron chi connectivity index (χ0n) is 14.8. The van der Waals surface area contributed by atoms with Crippen LogP contribution in [0, 0.1) is 6.92 Å². The summed E-state index contributed by atoms with van der Waals surface area (Å²) in [5.74, 6) is 1.66. The molecule has 0 unspecified atom stereocenters. The highest BCUT2D eigenvalue weighted by molar-refractivity contribution is 6.07. The number of nitrogens with one attached hydrogen (secondary N) is 1. The van der Waals surface area contributed by atoms with Crippen molar-refractivity contribution in [1.29, 1.82) is 0 Å². The maximum atomic E-state index is 12.3. The average Bonchev–Trinajstić information content (AvgIpc) is 3.17. The minimum Gasteiger partial charge on any atom is -0.465 e. The van der Waals surface area contributed by atoms with Gasteiger partial charge in [0.25, 0.3) is 0 Å². The molecule has 5 nitrogen and oxygen atoms in total. The van der Waals surface area contributed by atoms with Crippen LogP contribution >= 0.6 is 0 Å². The molecule has 2 heterocycles. The molecule has 1 N–H and O–H groups in total. The van der Waals surface area contributed by atoms with E-state index in [2.05, 4.69) is 5.32 Å². The summed E-state index contributed by atoms with van der Waals surface area (Å²) in [5, 5.41) is 5.00. The Morgan fingerprint density at radius 3 is 2.62 bits per heavy atom. The molecule has 4 aromatic rings. The number of likely N-dealkylation sites (N-methyl/N-ethyl adjacent to an activating group) is 1. The van der Waals surface area contributed by atoms with E-state index in [1.165, 1.54) is 0 Å². The number of anilines is 1. The Balaban J connectivity index is 1.46. The molecule has 0 saturated heterocycles. The fraction of sp³-hybridized carbons (Fsp3) is 0.190. The molecule has 0 radical (unpaired) electrons. The van der Waals surface area contributed by atoms with Gasteiger partial charge in [-0.15, -0.1) is 0 Å². The molecule has 0 bridgehead atoms. The first kappa shape index (κ1) is 16.4. The molecule has 5 heteroatoms. The Kier molecular flexibility index (Phi) is 4.22. The summed E-state index contributed by atoms with van der Waals surface area (Å²) in [6.07, 6.45) is 0. The van der Waals surface area contributed by atoms with Crippen LogP contribution in [0.1, 0.15) is 11.5 Å². The monoisotopic (exact) mass is 348 g/mol. The largest absolute Gasteiger partial charge is 0.465 e. The number of furan rings is 2. The number of nitrogens with zero attached hydrogens (tertiary/aromatic N) is 1. The lowest BCUT2D eigenvalue weighted by atomic mass is 10.1. The molecule has 4 rings (SSSR count). The molecule has 0 fully saturated rings. The molecule has 26 heavy (non-hydrogen) atoms. The summed E-state index contributed by atoms with van der Waals surface area (Å²) in [7, 11) is 1.89. The Morgan fingerprint density at radius 1 is 1.00 bits per heavy atom. The van der Waals surface area contributed by atoms with Gasteiger partial charge in [0.2, 0.25) is 5.91 Å². The molecule has 1 amide bonds. The van der Waals surface area contributed by atoms with E-state index in [9.17, 15) is 4.79 Å². The third-order valence-corrected chi connectivity index (χ3v) is 4.30. The second-order valence-corrected chi connectivity index (χ2v) is 6.54. The number of amides is 1. The number of benzene rings is 2. The fourth-order valence-corrected chi connectivity index (χ4v) is 3.14. The average molecular weight is 348 g/mol. The molecular formula is C21H20N2O3. The van der Waals surface area contributed by atoms with E-state index in [4.69, 9.17) is 8.83 Å². The van der Waals surface area contributed by atoms with E-state index in [0.717, 1.165) is 39.1 Å². The van der Waals surface area contributed by atoms with Crippen molar-refractivity contribution in [2.24, 2.45) is 0 Å². The van der Waals surface area contributed by atoms with E-state index in [1.54, 1.807) is 0 Å². The van der Waals surface area contributed by atoms with Gasteiger partial charge in [-0.1, -0.05) is 18.2 Å². The van der Waals surface area contributed by atoms with Crippen LogP contribution in [0.25, 0.3) is 21.9 Å². The summed E-state index contributed by atoms with van der Waals surface area (Å²) < 4.78 is 11.4. The van der Waals surface area contributed by atoms with Crippen molar-refractivity contribution in [2.45, 2.75) is 13.5 Å². The van der Waals surface area contributed by atoms with Gasteiger partial charge in [-0.25, -0.2) is 0 Å². The van der Waals surface area contributed by atoms with Crippen molar-refractivity contribution in [3.8, 4) is 0 Å². The predicted octanol–water partition coefficient (Wildman–Crippen LogP) is 4.56. The normalized spacial score (nSPS) is 11.5. The van der Waals surface area contributed by atoms with Gasteiger partial charge < -0.3 is 14.2 Å². The van der Waals surface area contributed by atoms with Gasteiger partial charge in [-0.05, 0) is 50.4 Å². The van der Waals surface area contributed by atoms with E-state index in [-0.39, 0.29) is 12.5 Å². The summed E-state index contributed by atoms with van der Waals surface area (Å²) in [6.45, 7) is 2.78. The highest BCUT2D eigenvalue weighted by Gasteiger charge is 2.11. The van der Waals surface area contributed by atoms with Gasteiger partial charge >= 0.3 is 0 Å². The first-order valence-electron chi connectivity index (χ1n) is 8.53. The van der Waals surface area contributed by atoms with E-state index < -0.39 is 0 Å². The lowest BCUT2D eigenvalue weighted by Crippen LogP contribution is -2.29. The molecular weight excluding hydrogens is 328 g/mol. The Bertz CT molecular complexity index is 1080. The molecule has 0 saturated carbocycles. The van der Waals surface area contributed by atoms with Crippen molar-refractivity contribution < 1.29 is 13.6 Å². The number of carbonyl (C=O) groups is 1. The summed E-state index contributed by atoms with van der Waals surface area (Å²) in [5.41, 5.74) is 2.42. The zero-order valence-corrected chi connectivity index (χ0v) is 14.8. The number of fused-ring (bicyclic) bond motifs is 3. The maximum Gasteiger partial charge on any atom is 0.238 e. The van der Waals surface area contributed by atoms with Gasteiger partial charge in [-0.3, -0.25) is 9.69 Å². The third-order valence-electron chi connectivity index (χ3n) is 4.30. The van der Waals surface area contributed by atoms with Crippen LogP contribution in [0.5, 0.6) is 0 Å². The van der Waals surface area contributed by atoms with Crippen LogP contribution in [-0.2, 0) is 11.3 Å². The van der Waals surface area contributed by atoms with Crippen molar-refractivity contribution in [3.63, 3.8) is 0 Å². The predicted molar refractivity (Wildman–Crippen MR) is 102 cm³/mol. The van der Waals surface area contributed by atoms with E-state index >= 15 is 0 Å². The van der Waals surface area contributed by atoms with Gasteiger partial charge in [0, 0.05) is 16.5 Å². The minimum absolute atomic E-state index is 0.0667. The number of para-hydroxylation sites is 1. The van der Waals surface area contributed by atoms with Crippen LogP contribution < -0.4 is 5.32 Å². The molecule has 0 spiro atoms. The molecule has 0 aliphatic carbocycles. The molecule has 132 valence electrons. The lowest BCUT2D eigenvalue weighted by Gasteiger charge is -2.14. The first-order chi connectivity index (χ1) is 12.6. The minimum atomic E-state index is -0.0667. The lowest BCUT2D eigenvalue weighted by molar-refractivity contribution is -0.117. The van der Waals surface area contributed by atoms with Crippen LogP contribution in [-0.4, -0.2) is 24.4 Å². The standard InChI is InChI=1S/C21H20N2O3/c1-14-7-9-16(25-14)12-23(2)13-21(24)22-15-8-10-20-18(11-15)17-5-3-4-6-19(17)26-20/h3-11H,12-13H2,1-2H3,(H,22,24). The molecule has 2 aromatic heterocycles. The summed E-state index contributed by atoms with van der Waals surface area (Å²) in [4.78, 5) is 14.3. The summed E-state index contributed by atoms with van der Waals surface area (Å²) in [6, 6.07) is 17.4. The SMILES string of the molecule is Cc1ccc(CN(C)CC(=O)Nc2ccc3oc4ccccc4c3c2)o1.